The first-order valence-electron chi connectivity index (χ1n) is 6.72. The first kappa shape index (κ1) is 15.0. The first-order valence-corrected chi connectivity index (χ1v) is 7.10. The molecule has 0 spiro atoms. The molecule has 0 bridgehead atoms. The van der Waals surface area contributed by atoms with Crippen molar-refractivity contribution >= 4 is 11.6 Å². The van der Waals surface area contributed by atoms with Gasteiger partial charge < -0.3 is 14.8 Å². The van der Waals surface area contributed by atoms with E-state index in [1.807, 2.05) is 26.0 Å². The minimum atomic E-state index is -0.380. The van der Waals surface area contributed by atoms with Crippen molar-refractivity contribution in [3.05, 3.63) is 22.7 Å². The fraction of sp³-hybridized carbons (Fsp3) is 0.533. The van der Waals surface area contributed by atoms with Crippen LogP contribution >= 0.6 is 11.6 Å². The monoisotopic (exact) mass is 294 g/mol. The molecular weight excluding hydrogens is 276 g/mol. The van der Waals surface area contributed by atoms with E-state index in [1.165, 1.54) is 0 Å². The van der Waals surface area contributed by atoms with Gasteiger partial charge in [0.25, 0.3) is 0 Å². The number of halogens is 1. The largest absolute Gasteiger partial charge is 0.489 e. The normalized spacial score (nSPS) is 14.5. The third kappa shape index (κ3) is 3.78. The highest BCUT2D eigenvalue weighted by Gasteiger charge is 2.17. The van der Waals surface area contributed by atoms with Gasteiger partial charge in [-0.3, -0.25) is 0 Å². The van der Waals surface area contributed by atoms with Crippen LogP contribution in [0.1, 0.15) is 25.8 Å². The fourth-order valence-electron chi connectivity index (χ4n) is 1.95. The molecule has 0 saturated carbocycles. The Labute approximate surface area is 124 Å². The molecule has 1 N–H and O–H groups in total. The summed E-state index contributed by atoms with van der Waals surface area (Å²) in [6, 6.07) is 6.08. The zero-order chi connectivity index (χ0) is 14.6. The Bertz CT molecular complexity index is 523. The van der Waals surface area contributed by atoms with E-state index in [0.29, 0.717) is 42.8 Å². The highest BCUT2D eigenvalue weighted by molar-refractivity contribution is 6.32. The second-order valence-corrected chi connectivity index (χ2v) is 5.96. The zero-order valence-electron chi connectivity index (χ0n) is 11.8. The molecule has 2 rings (SSSR count). The number of ether oxygens (including phenoxy) is 2. The van der Waals surface area contributed by atoms with E-state index in [2.05, 4.69) is 11.4 Å². The van der Waals surface area contributed by atoms with Gasteiger partial charge in [0.1, 0.15) is 0 Å². The van der Waals surface area contributed by atoms with Crippen molar-refractivity contribution < 1.29 is 9.47 Å². The van der Waals surface area contributed by atoms with Gasteiger partial charge in [0, 0.05) is 19.5 Å². The number of hydrogen-bond donors (Lipinski definition) is 1. The smallest absolute Gasteiger partial charge is 0.179 e. The van der Waals surface area contributed by atoms with Crippen LogP contribution < -0.4 is 14.8 Å². The molecule has 0 fully saturated rings. The average Bonchev–Trinajstić information content (AvgIpc) is 2.64. The van der Waals surface area contributed by atoms with Crippen molar-refractivity contribution in [2.45, 2.75) is 26.8 Å². The summed E-state index contributed by atoms with van der Waals surface area (Å²) < 4.78 is 11.2. The van der Waals surface area contributed by atoms with Crippen LogP contribution in [0.4, 0.5) is 0 Å². The molecule has 1 aromatic carbocycles. The van der Waals surface area contributed by atoms with E-state index in [1.54, 1.807) is 0 Å². The molecule has 0 unspecified atom stereocenters. The molecule has 20 heavy (non-hydrogen) atoms. The molecule has 1 aliphatic rings. The van der Waals surface area contributed by atoms with Crippen LogP contribution in [0.3, 0.4) is 0 Å². The Hall–Kier alpha value is -1.44. The maximum absolute atomic E-state index is 8.98. The van der Waals surface area contributed by atoms with Crippen LogP contribution in [-0.2, 0) is 6.54 Å². The number of nitrogens with zero attached hydrogens (tertiary/aromatic N) is 1. The van der Waals surface area contributed by atoms with E-state index in [9.17, 15) is 0 Å². The van der Waals surface area contributed by atoms with E-state index >= 15 is 0 Å². The number of benzene rings is 1. The van der Waals surface area contributed by atoms with Crippen LogP contribution in [0.2, 0.25) is 5.02 Å². The van der Waals surface area contributed by atoms with E-state index in [4.69, 9.17) is 26.3 Å². The first-order chi connectivity index (χ1) is 9.52. The molecule has 4 nitrogen and oxygen atoms in total. The second kappa shape index (κ2) is 6.34. The Morgan fingerprint density at radius 2 is 2.10 bits per heavy atom. The van der Waals surface area contributed by atoms with Crippen LogP contribution in [0.5, 0.6) is 11.5 Å². The molecule has 0 atom stereocenters. The van der Waals surface area contributed by atoms with Gasteiger partial charge in [0.2, 0.25) is 0 Å². The van der Waals surface area contributed by atoms with Gasteiger partial charge in [-0.1, -0.05) is 11.6 Å². The van der Waals surface area contributed by atoms with Crippen LogP contribution in [0.15, 0.2) is 12.1 Å². The van der Waals surface area contributed by atoms with Crippen molar-refractivity contribution in [3.63, 3.8) is 0 Å². The van der Waals surface area contributed by atoms with Crippen molar-refractivity contribution in [1.29, 1.82) is 5.26 Å². The highest BCUT2D eigenvalue weighted by Crippen LogP contribution is 2.37. The van der Waals surface area contributed by atoms with Gasteiger partial charge in [0.05, 0.1) is 29.7 Å². The molecule has 5 heteroatoms. The quantitative estimate of drug-likeness (QED) is 0.927. The molecular formula is C15H19ClN2O2. The Morgan fingerprint density at radius 3 is 2.85 bits per heavy atom. The van der Waals surface area contributed by atoms with E-state index in [-0.39, 0.29) is 5.41 Å². The van der Waals surface area contributed by atoms with Gasteiger partial charge in [0.15, 0.2) is 11.5 Å². The minimum Gasteiger partial charge on any atom is -0.489 e. The summed E-state index contributed by atoms with van der Waals surface area (Å²) in [6.07, 6.45) is 0.856. The molecule has 0 aliphatic carbocycles. The lowest BCUT2D eigenvalue weighted by molar-refractivity contribution is 0.297. The number of nitriles is 1. The lowest BCUT2D eigenvalue weighted by atomic mass is 9.96. The Kier molecular flexibility index (Phi) is 4.74. The number of nitrogens with one attached hydrogen (secondary N) is 1. The van der Waals surface area contributed by atoms with Crippen molar-refractivity contribution in [3.8, 4) is 17.6 Å². The molecule has 0 amide bonds. The molecule has 0 aromatic heterocycles. The standard InChI is InChI=1S/C15H19ClN2O2/c1-15(2,9-17)10-18-8-11-6-12(16)14-13(7-11)19-4-3-5-20-14/h6-7,18H,3-5,8,10H2,1-2H3. The topological polar surface area (TPSA) is 54.3 Å². The Morgan fingerprint density at radius 1 is 1.35 bits per heavy atom. The zero-order valence-corrected chi connectivity index (χ0v) is 12.6. The maximum atomic E-state index is 8.98. The SMILES string of the molecule is CC(C)(C#N)CNCc1cc(Cl)c2c(c1)OCCCO2. The summed E-state index contributed by atoms with van der Waals surface area (Å²) in [5.41, 5.74) is 0.641. The molecule has 1 heterocycles. The van der Waals surface area contributed by atoms with Gasteiger partial charge in [-0.15, -0.1) is 0 Å². The average molecular weight is 295 g/mol. The van der Waals surface area contributed by atoms with Crippen molar-refractivity contribution in [1.82, 2.24) is 5.32 Å². The molecule has 108 valence electrons. The summed E-state index contributed by atoms with van der Waals surface area (Å²) >= 11 is 6.23. The maximum Gasteiger partial charge on any atom is 0.179 e. The predicted molar refractivity (Wildman–Crippen MR) is 78.2 cm³/mol. The lowest BCUT2D eigenvalue weighted by Crippen LogP contribution is -2.27. The van der Waals surface area contributed by atoms with Crippen LogP contribution in [0, 0.1) is 16.7 Å². The third-order valence-corrected chi connectivity index (χ3v) is 3.34. The summed E-state index contributed by atoms with van der Waals surface area (Å²) in [4.78, 5) is 0. The highest BCUT2D eigenvalue weighted by atomic mass is 35.5. The Balaban J connectivity index is 2.05. The van der Waals surface area contributed by atoms with Gasteiger partial charge in [-0.25, -0.2) is 0 Å². The molecule has 1 aromatic rings. The van der Waals surface area contributed by atoms with Gasteiger partial charge >= 0.3 is 0 Å². The summed E-state index contributed by atoms with van der Waals surface area (Å²) in [5.74, 6) is 1.33. The summed E-state index contributed by atoms with van der Waals surface area (Å²) in [6.45, 7) is 6.33. The van der Waals surface area contributed by atoms with E-state index in [0.717, 1.165) is 12.0 Å². The lowest BCUT2D eigenvalue weighted by Gasteiger charge is -2.17. The van der Waals surface area contributed by atoms with E-state index < -0.39 is 0 Å². The minimum absolute atomic E-state index is 0.380. The fourth-order valence-corrected chi connectivity index (χ4v) is 2.23. The van der Waals surface area contributed by atoms with Crippen molar-refractivity contribution in [2.75, 3.05) is 19.8 Å². The summed E-state index contributed by atoms with van der Waals surface area (Å²) in [7, 11) is 0. The second-order valence-electron chi connectivity index (χ2n) is 5.55. The summed E-state index contributed by atoms with van der Waals surface area (Å²) in [5, 5.41) is 12.8. The van der Waals surface area contributed by atoms with Crippen molar-refractivity contribution in [2.24, 2.45) is 5.41 Å². The number of hydrogen-bond acceptors (Lipinski definition) is 4. The van der Waals surface area contributed by atoms with Gasteiger partial charge in [-0.2, -0.15) is 5.26 Å². The molecule has 0 radical (unpaired) electrons. The number of rotatable bonds is 4. The predicted octanol–water partition coefficient (Wildman–Crippen LogP) is 3.14. The number of fused-ring (bicyclic) bond motifs is 1. The van der Waals surface area contributed by atoms with Crippen LogP contribution in [0.25, 0.3) is 0 Å². The van der Waals surface area contributed by atoms with Gasteiger partial charge in [-0.05, 0) is 31.5 Å². The molecule has 1 aliphatic heterocycles. The molecule has 0 saturated heterocycles. The van der Waals surface area contributed by atoms with Crippen LogP contribution in [-0.4, -0.2) is 19.8 Å². The third-order valence-electron chi connectivity index (χ3n) is 3.06.